The van der Waals surface area contributed by atoms with Gasteiger partial charge in [0.05, 0.1) is 12.2 Å². The second kappa shape index (κ2) is 8.89. The average molecular weight is 259 g/mol. The van der Waals surface area contributed by atoms with Crippen LogP contribution in [0.5, 0.6) is 0 Å². The van der Waals surface area contributed by atoms with Gasteiger partial charge in [0.25, 0.3) is 0 Å². The molecule has 0 aliphatic carbocycles. The Kier molecular flexibility index (Phi) is 8.83. The molecule has 1 N–H and O–H groups in total. The maximum absolute atomic E-state index is 5.52. The highest BCUT2D eigenvalue weighted by Gasteiger charge is 2.29. The number of hydrogen-bond acceptors (Lipinski definition) is 3. The lowest BCUT2D eigenvalue weighted by atomic mass is 9.76. The largest absolute Gasteiger partial charge is 0.383 e. The third-order valence-corrected chi connectivity index (χ3v) is 4.29. The monoisotopic (exact) mass is 259 g/mol. The van der Waals surface area contributed by atoms with E-state index in [9.17, 15) is 0 Å². The van der Waals surface area contributed by atoms with Crippen molar-refractivity contribution in [3.63, 3.8) is 0 Å². The van der Waals surface area contributed by atoms with E-state index in [2.05, 4.69) is 33.0 Å². The lowest BCUT2D eigenvalue weighted by molar-refractivity contribution is 0.00223. The summed E-state index contributed by atoms with van der Waals surface area (Å²) in [6.07, 6.45) is 4.74. The molecule has 0 heterocycles. The Hall–Kier alpha value is -0.120. The number of hydrogen-bond donors (Lipinski definition) is 1. The van der Waals surface area contributed by atoms with E-state index in [0.29, 0.717) is 5.41 Å². The fraction of sp³-hybridized carbons (Fsp3) is 1.00. The molecule has 0 spiro atoms. The molecular weight excluding hydrogens is 226 g/mol. The lowest BCUT2D eigenvalue weighted by Crippen LogP contribution is -2.37. The van der Waals surface area contributed by atoms with E-state index in [-0.39, 0.29) is 5.60 Å². The summed E-state index contributed by atoms with van der Waals surface area (Å²) < 4.78 is 10.6. The van der Waals surface area contributed by atoms with Crippen LogP contribution in [0.25, 0.3) is 0 Å². The van der Waals surface area contributed by atoms with Crippen LogP contribution in [0, 0.1) is 5.41 Å². The van der Waals surface area contributed by atoms with E-state index in [1.807, 2.05) is 0 Å². The predicted molar refractivity (Wildman–Crippen MR) is 78.1 cm³/mol. The maximum Gasteiger partial charge on any atom is 0.0623 e. The molecule has 0 atom stereocenters. The number of nitrogens with one attached hydrogen (secondary N) is 1. The quantitative estimate of drug-likeness (QED) is 0.578. The highest BCUT2D eigenvalue weighted by atomic mass is 16.5. The topological polar surface area (TPSA) is 30.5 Å². The smallest absolute Gasteiger partial charge is 0.0623 e. The summed E-state index contributed by atoms with van der Waals surface area (Å²) in [6, 6.07) is 0. The molecule has 0 saturated carbocycles. The fourth-order valence-electron chi connectivity index (χ4n) is 2.14. The molecule has 0 amide bonds. The van der Waals surface area contributed by atoms with Crippen LogP contribution in [0.15, 0.2) is 0 Å². The summed E-state index contributed by atoms with van der Waals surface area (Å²) in [5.74, 6) is 0. The van der Waals surface area contributed by atoms with Gasteiger partial charge in [0, 0.05) is 27.3 Å². The van der Waals surface area contributed by atoms with Crippen LogP contribution < -0.4 is 5.32 Å². The van der Waals surface area contributed by atoms with Gasteiger partial charge in [-0.3, -0.25) is 0 Å². The van der Waals surface area contributed by atoms with Crippen molar-refractivity contribution in [2.45, 2.75) is 59.0 Å². The van der Waals surface area contributed by atoms with Crippen molar-refractivity contribution in [1.29, 1.82) is 0 Å². The van der Waals surface area contributed by atoms with Gasteiger partial charge in [-0.2, -0.15) is 0 Å². The van der Waals surface area contributed by atoms with Crippen molar-refractivity contribution in [3.8, 4) is 0 Å². The maximum atomic E-state index is 5.52. The standard InChI is InChI=1S/C15H33NO2/c1-7-15(8-2,13-16-11-12-17-5)10-9-14(3,4)18-6/h16H,7-13H2,1-6H3. The van der Waals surface area contributed by atoms with Crippen molar-refractivity contribution < 1.29 is 9.47 Å². The second-order valence-electron chi connectivity index (χ2n) is 5.84. The van der Waals surface area contributed by atoms with Crippen LogP contribution in [-0.2, 0) is 9.47 Å². The van der Waals surface area contributed by atoms with E-state index in [4.69, 9.17) is 9.47 Å². The molecule has 3 heteroatoms. The first kappa shape index (κ1) is 17.9. The average Bonchev–Trinajstić information content (AvgIpc) is 2.39. The summed E-state index contributed by atoms with van der Waals surface area (Å²) in [7, 11) is 3.55. The molecule has 18 heavy (non-hydrogen) atoms. The van der Waals surface area contributed by atoms with Crippen molar-refractivity contribution in [3.05, 3.63) is 0 Å². The highest BCUT2D eigenvalue weighted by Crippen LogP contribution is 2.34. The van der Waals surface area contributed by atoms with Gasteiger partial charge < -0.3 is 14.8 Å². The van der Waals surface area contributed by atoms with Crippen molar-refractivity contribution in [2.75, 3.05) is 33.9 Å². The first-order valence-corrected chi connectivity index (χ1v) is 7.20. The van der Waals surface area contributed by atoms with E-state index in [1.165, 1.54) is 19.3 Å². The van der Waals surface area contributed by atoms with Gasteiger partial charge in [-0.05, 0) is 44.9 Å². The first-order valence-electron chi connectivity index (χ1n) is 7.20. The van der Waals surface area contributed by atoms with E-state index in [1.54, 1.807) is 14.2 Å². The molecule has 0 bridgehead atoms. The molecule has 0 aliphatic heterocycles. The molecule has 110 valence electrons. The number of rotatable bonds is 11. The Balaban J connectivity index is 4.24. The summed E-state index contributed by atoms with van der Waals surface area (Å²) >= 11 is 0. The highest BCUT2D eigenvalue weighted by molar-refractivity contribution is 4.82. The minimum atomic E-state index is -0.0118. The van der Waals surface area contributed by atoms with Gasteiger partial charge in [-0.25, -0.2) is 0 Å². The zero-order valence-electron chi connectivity index (χ0n) is 13.3. The summed E-state index contributed by atoms with van der Waals surface area (Å²) in [6.45, 7) is 11.7. The van der Waals surface area contributed by atoms with Crippen LogP contribution >= 0.6 is 0 Å². The van der Waals surface area contributed by atoms with Crippen molar-refractivity contribution in [1.82, 2.24) is 5.32 Å². The Morgan fingerprint density at radius 1 is 1.00 bits per heavy atom. The molecule has 0 unspecified atom stereocenters. The molecule has 3 nitrogen and oxygen atoms in total. The minimum absolute atomic E-state index is 0.0118. The molecule has 0 radical (unpaired) electrons. The normalized spacial score (nSPS) is 13.0. The third kappa shape index (κ3) is 6.72. The Bertz CT molecular complexity index is 201. The minimum Gasteiger partial charge on any atom is -0.383 e. The molecule has 0 aromatic heterocycles. The Labute approximate surface area is 114 Å². The lowest BCUT2D eigenvalue weighted by Gasteiger charge is -2.35. The molecule has 0 aliphatic rings. The zero-order chi connectivity index (χ0) is 14.1. The molecule has 0 fully saturated rings. The van der Waals surface area contributed by atoms with Gasteiger partial charge in [0.1, 0.15) is 0 Å². The SMILES string of the molecule is CCC(CC)(CCC(C)(C)OC)CNCCOC. The predicted octanol–water partition coefficient (Wildman–Crippen LogP) is 3.23. The molecule has 0 rings (SSSR count). The van der Waals surface area contributed by atoms with Gasteiger partial charge in [-0.15, -0.1) is 0 Å². The van der Waals surface area contributed by atoms with Gasteiger partial charge >= 0.3 is 0 Å². The third-order valence-electron chi connectivity index (χ3n) is 4.29. The molecule has 0 aromatic carbocycles. The molecular formula is C15H33NO2. The van der Waals surface area contributed by atoms with Gasteiger partial charge in [0.2, 0.25) is 0 Å². The van der Waals surface area contributed by atoms with Crippen LogP contribution in [0.1, 0.15) is 53.4 Å². The van der Waals surface area contributed by atoms with Crippen LogP contribution in [0.2, 0.25) is 0 Å². The Morgan fingerprint density at radius 2 is 1.61 bits per heavy atom. The van der Waals surface area contributed by atoms with E-state index in [0.717, 1.165) is 26.1 Å². The van der Waals surface area contributed by atoms with Crippen LogP contribution in [0.3, 0.4) is 0 Å². The molecule has 0 saturated heterocycles. The Morgan fingerprint density at radius 3 is 2.06 bits per heavy atom. The fourth-order valence-corrected chi connectivity index (χ4v) is 2.14. The van der Waals surface area contributed by atoms with Gasteiger partial charge in [-0.1, -0.05) is 13.8 Å². The first-order chi connectivity index (χ1) is 8.45. The van der Waals surface area contributed by atoms with Crippen molar-refractivity contribution >= 4 is 0 Å². The van der Waals surface area contributed by atoms with Gasteiger partial charge in [0.15, 0.2) is 0 Å². The number of ether oxygens (including phenoxy) is 2. The van der Waals surface area contributed by atoms with Crippen molar-refractivity contribution in [2.24, 2.45) is 5.41 Å². The number of methoxy groups -OCH3 is 2. The summed E-state index contributed by atoms with van der Waals surface area (Å²) in [5.41, 5.74) is 0.381. The summed E-state index contributed by atoms with van der Waals surface area (Å²) in [5, 5.41) is 3.52. The van der Waals surface area contributed by atoms with E-state index < -0.39 is 0 Å². The zero-order valence-corrected chi connectivity index (χ0v) is 13.3. The summed E-state index contributed by atoms with van der Waals surface area (Å²) in [4.78, 5) is 0. The van der Waals surface area contributed by atoms with Crippen LogP contribution in [-0.4, -0.2) is 39.5 Å². The van der Waals surface area contributed by atoms with Crippen LogP contribution in [0.4, 0.5) is 0 Å². The van der Waals surface area contributed by atoms with E-state index >= 15 is 0 Å². The second-order valence-corrected chi connectivity index (χ2v) is 5.84. The molecule has 0 aromatic rings.